The Hall–Kier alpha value is -2.48. The molecule has 3 aliphatic rings. The number of nitrogens with zero attached hydrogens (tertiary/aromatic N) is 2. The van der Waals surface area contributed by atoms with Gasteiger partial charge in [0.05, 0.1) is 34.0 Å². The maximum atomic E-state index is 10.5. The first-order valence-corrected chi connectivity index (χ1v) is 15.6. The fourth-order valence-electron chi connectivity index (χ4n) is 8.24. The van der Waals surface area contributed by atoms with E-state index in [0.717, 1.165) is 81.3 Å². The Balaban J connectivity index is 1.76. The molecule has 5 rings (SSSR count). The number of ether oxygens (including phenoxy) is 4. The van der Waals surface area contributed by atoms with Gasteiger partial charge in [0, 0.05) is 31.7 Å². The van der Waals surface area contributed by atoms with Gasteiger partial charge in [-0.05, 0) is 104 Å². The molecule has 7 nitrogen and oxygen atoms in total. The van der Waals surface area contributed by atoms with Crippen LogP contribution in [0.3, 0.4) is 0 Å². The molecule has 2 aromatic carbocycles. The smallest absolute Gasteiger partial charge is 0.161 e. The number of hydrogen-bond donors (Lipinski definition) is 1. The zero-order chi connectivity index (χ0) is 29.1. The SMILES string of the molecule is CCCCN1CCc2cc(OC)c(OC)cc2C12CCC(CO)CC2C1c2cc(OC)c(OC)cc2CCN1CC. The summed E-state index contributed by atoms with van der Waals surface area (Å²) in [6.45, 7) is 8.89. The molecule has 1 N–H and O–H groups in total. The quantitative estimate of drug-likeness (QED) is 0.402. The predicted molar refractivity (Wildman–Crippen MR) is 163 cm³/mol. The van der Waals surface area contributed by atoms with Crippen LogP contribution in [0.1, 0.15) is 74.2 Å². The standard InChI is InChI=1S/C34H50N2O5/c1-7-9-14-36-16-12-25-19-30(39-4)32(41-6)21-27(25)34(36)13-10-23(22-37)17-28(34)33-26-20-31(40-5)29(38-3)18-24(26)11-15-35(33)8-2/h18-21,23,28,33,37H,7-17,22H2,1-6H3. The summed E-state index contributed by atoms with van der Waals surface area (Å²) < 4.78 is 23.3. The second kappa shape index (κ2) is 12.8. The first kappa shape index (κ1) is 30.0. The van der Waals surface area contributed by atoms with Crippen molar-refractivity contribution in [1.29, 1.82) is 0 Å². The highest BCUT2D eigenvalue weighted by molar-refractivity contribution is 5.53. The second-order valence-corrected chi connectivity index (χ2v) is 12.0. The van der Waals surface area contributed by atoms with Gasteiger partial charge < -0.3 is 24.1 Å². The number of benzene rings is 2. The number of hydrogen-bond acceptors (Lipinski definition) is 7. The van der Waals surface area contributed by atoms with E-state index in [2.05, 4.69) is 47.9 Å². The van der Waals surface area contributed by atoms with Gasteiger partial charge in [-0.25, -0.2) is 0 Å². The van der Waals surface area contributed by atoms with Gasteiger partial charge in [0.25, 0.3) is 0 Å². The minimum Gasteiger partial charge on any atom is -0.493 e. The molecule has 2 aromatic rings. The van der Waals surface area contributed by atoms with Crippen molar-refractivity contribution in [2.24, 2.45) is 11.8 Å². The van der Waals surface area contributed by atoms with Gasteiger partial charge in [-0.1, -0.05) is 20.3 Å². The third-order valence-corrected chi connectivity index (χ3v) is 10.3. The van der Waals surface area contributed by atoms with Crippen molar-refractivity contribution in [2.45, 2.75) is 70.4 Å². The number of rotatable bonds is 10. The lowest BCUT2D eigenvalue weighted by atomic mass is 9.58. The summed E-state index contributed by atoms with van der Waals surface area (Å²) in [5.41, 5.74) is 5.29. The van der Waals surface area contributed by atoms with Gasteiger partial charge in [-0.2, -0.15) is 0 Å². The molecule has 0 bridgehead atoms. The first-order chi connectivity index (χ1) is 20.0. The molecule has 4 atom stereocenters. The van der Waals surface area contributed by atoms with Crippen molar-refractivity contribution in [1.82, 2.24) is 9.80 Å². The Bertz CT molecular complexity index is 1200. The molecule has 1 spiro atoms. The molecule has 7 heteroatoms. The van der Waals surface area contributed by atoms with E-state index in [-0.39, 0.29) is 30.0 Å². The lowest BCUT2D eigenvalue weighted by molar-refractivity contribution is -0.0757. The Morgan fingerprint density at radius 3 is 2.12 bits per heavy atom. The number of methoxy groups -OCH3 is 4. The summed E-state index contributed by atoms with van der Waals surface area (Å²) in [4.78, 5) is 5.49. The molecular formula is C34H50N2O5. The number of aliphatic hydroxyl groups excluding tert-OH is 1. The molecule has 1 aliphatic carbocycles. The Kier molecular flexibility index (Phi) is 9.37. The third kappa shape index (κ3) is 5.19. The largest absolute Gasteiger partial charge is 0.493 e. The van der Waals surface area contributed by atoms with Gasteiger partial charge in [0.15, 0.2) is 23.0 Å². The van der Waals surface area contributed by atoms with Crippen LogP contribution in [0.15, 0.2) is 24.3 Å². The molecule has 2 heterocycles. The summed E-state index contributed by atoms with van der Waals surface area (Å²) in [5, 5.41) is 10.5. The third-order valence-electron chi connectivity index (χ3n) is 10.3. The summed E-state index contributed by atoms with van der Waals surface area (Å²) in [6, 6.07) is 9.15. The maximum absolute atomic E-state index is 10.5. The van der Waals surface area contributed by atoms with E-state index >= 15 is 0 Å². The average Bonchev–Trinajstić information content (AvgIpc) is 3.02. The number of fused-ring (bicyclic) bond motifs is 3. The molecule has 2 aliphatic heterocycles. The summed E-state index contributed by atoms with van der Waals surface area (Å²) in [5.74, 6) is 3.75. The Morgan fingerprint density at radius 2 is 1.49 bits per heavy atom. The minimum atomic E-state index is -0.173. The topological polar surface area (TPSA) is 63.6 Å². The van der Waals surface area contributed by atoms with Gasteiger partial charge in [-0.3, -0.25) is 9.80 Å². The minimum absolute atomic E-state index is 0.173. The van der Waals surface area contributed by atoms with Crippen LogP contribution in [0, 0.1) is 11.8 Å². The van der Waals surface area contributed by atoms with E-state index in [1.54, 1.807) is 28.4 Å². The van der Waals surface area contributed by atoms with Gasteiger partial charge in [-0.15, -0.1) is 0 Å². The van der Waals surface area contributed by atoms with Crippen LogP contribution in [-0.4, -0.2) is 76.1 Å². The van der Waals surface area contributed by atoms with Gasteiger partial charge >= 0.3 is 0 Å². The molecule has 41 heavy (non-hydrogen) atoms. The normalized spacial score (nSPS) is 26.4. The van der Waals surface area contributed by atoms with Crippen LogP contribution in [0.2, 0.25) is 0 Å². The van der Waals surface area contributed by atoms with Crippen LogP contribution in [0.5, 0.6) is 23.0 Å². The molecule has 0 radical (unpaired) electrons. The fourth-order valence-corrected chi connectivity index (χ4v) is 8.24. The van der Waals surface area contributed by atoms with Crippen LogP contribution in [0.4, 0.5) is 0 Å². The highest BCUT2D eigenvalue weighted by atomic mass is 16.5. The fraction of sp³-hybridized carbons (Fsp3) is 0.647. The van der Waals surface area contributed by atoms with E-state index in [1.165, 1.54) is 35.1 Å². The highest BCUT2D eigenvalue weighted by Gasteiger charge is 2.55. The monoisotopic (exact) mass is 566 g/mol. The number of likely N-dealkylation sites (N-methyl/N-ethyl adjacent to an activating group) is 1. The van der Waals surface area contributed by atoms with E-state index in [9.17, 15) is 5.11 Å². The summed E-state index contributed by atoms with van der Waals surface area (Å²) >= 11 is 0. The van der Waals surface area contributed by atoms with E-state index in [1.807, 2.05) is 0 Å². The van der Waals surface area contributed by atoms with Gasteiger partial charge in [0.1, 0.15) is 0 Å². The molecule has 0 aromatic heterocycles. The number of aliphatic hydroxyl groups is 1. The predicted octanol–water partition coefficient (Wildman–Crippen LogP) is 5.60. The molecule has 4 unspecified atom stereocenters. The second-order valence-electron chi connectivity index (χ2n) is 12.0. The molecule has 1 fully saturated rings. The molecule has 0 amide bonds. The Labute approximate surface area is 246 Å². The van der Waals surface area contributed by atoms with Crippen molar-refractivity contribution < 1.29 is 24.1 Å². The summed E-state index contributed by atoms with van der Waals surface area (Å²) in [6.07, 6.45) is 7.34. The van der Waals surface area contributed by atoms with Crippen LogP contribution >= 0.6 is 0 Å². The van der Waals surface area contributed by atoms with E-state index in [0.29, 0.717) is 0 Å². The Morgan fingerprint density at radius 1 is 0.854 bits per heavy atom. The van der Waals surface area contributed by atoms with Crippen molar-refractivity contribution >= 4 is 0 Å². The lowest BCUT2D eigenvalue weighted by Gasteiger charge is -2.60. The molecule has 1 saturated carbocycles. The molecular weight excluding hydrogens is 516 g/mol. The average molecular weight is 567 g/mol. The van der Waals surface area contributed by atoms with E-state index in [4.69, 9.17) is 18.9 Å². The van der Waals surface area contributed by atoms with Crippen LogP contribution in [0.25, 0.3) is 0 Å². The summed E-state index contributed by atoms with van der Waals surface area (Å²) in [7, 11) is 6.92. The van der Waals surface area contributed by atoms with Crippen LogP contribution < -0.4 is 18.9 Å². The molecule has 226 valence electrons. The first-order valence-electron chi connectivity index (χ1n) is 15.6. The highest BCUT2D eigenvalue weighted by Crippen LogP contribution is 2.58. The maximum Gasteiger partial charge on any atom is 0.161 e. The van der Waals surface area contributed by atoms with Gasteiger partial charge in [0.2, 0.25) is 0 Å². The lowest BCUT2D eigenvalue weighted by Crippen LogP contribution is -2.61. The number of unbranched alkanes of at least 4 members (excludes halogenated alkanes) is 1. The van der Waals surface area contributed by atoms with Crippen molar-refractivity contribution in [3.05, 3.63) is 46.5 Å². The van der Waals surface area contributed by atoms with Crippen molar-refractivity contribution in [3.8, 4) is 23.0 Å². The van der Waals surface area contributed by atoms with Crippen molar-refractivity contribution in [3.63, 3.8) is 0 Å². The van der Waals surface area contributed by atoms with Crippen LogP contribution in [-0.2, 0) is 18.4 Å². The molecule has 0 saturated heterocycles. The zero-order valence-electron chi connectivity index (χ0n) is 26.0. The van der Waals surface area contributed by atoms with Crippen molar-refractivity contribution in [2.75, 3.05) is 61.2 Å². The zero-order valence-corrected chi connectivity index (χ0v) is 26.0. The van der Waals surface area contributed by atoms with E-state index < -0.39 is 0 Å².